The van der Waals surface area contributed by atoms with Crippen LogP contribution in [-0.4, -0.2) is 37.1 Å². The fourth-order valence-electron chi connectivity index (χ4n) is 1.77. The first-order valence-electron chi connectivity index (χ1n) is 6.16. The van der Waals surface area contributed by atoms with Crippen molar-refractivity contribution in [3.05, 3.63) is 40.8 Å². The lowest BCUT2D eigenvalue weighted by Gasteiger charge is -2.19. The third-order valence-electron chi connectivity index (χ3n) is 2.80. The predicted octanol–water partition coefficient (Wildman–Crippen LogP) is 2.57. The molecule has 2 aromatic rings. The molecule has 1 N–H and O–H groups in total. The van der Waals surface area contributed by atoms with E-state index in [4.69, 9.17) is 4.74 Å². The Balaban J connectivity index is 2.34. The Kier molecular flexibility index (Phi) is 4.74. The lowest BCUT2D eigenvalue weighted by molar-refractivity contribution is 0.102. The molecule has 0 atom stereocenters. The van der Waals surface area contributed by atoms with Crippen LogP contribution in [0.5, 0.6) is 5.88 Å². The molecule has 0 bridgehead atoms. The summed E-state index contributed by atoms with van der Waals surface area (Å²) in [5, 5.41) is 2.82. The number of carbonyl (C=O) groups is 1. The molecular weight excluding hydrogens is 336 g/mol. The topological polar surface area (TPSA) is 67.3 Å². The number of hydrogen-bond acceptors (Lipinski definition) is 5. The standard InChI is InChI=1S/C14H15BrN4O2/c1-19(2)10-6-7-16-14(21-3)12(10)18-13(20)9-4-5-11(15)17-8-9/h4-8H,1-3H3,(H,18,20). The van der Waals surface area contributed by atoms with E-state index in [2.05, 4.69) is 31.2 Å². The van der Waals surface area contributed by atoms with Crippen LogP contribution in [0.4, 0.5) is 11.4 Å². The number of carbonyl (C=O) groups excluding carboxylic acids is 1. The number of nitrogens with zero attached hydrogens (tertiary/aromatic N) is 3. The van der Waals surface area contributed by atoms with Crippen molar-refractivity contribution in [3.63, 3.8) is 0 Å². The largest absolute Gasteiger partial charge is 0.479 e. The highest BCUT2D eigenvalue weighted by molar-refractivity contribution is 9.10. The Morgan fingerprint density at radius 2 is 2.05 bits per heavy atom. The van der Waals surface area contributed by atoms with E-state index in [-0.39, 0.29) is 5.91 Å². The predicted molar refractivity (Wildman–Crippen MR) is 85.0 cm³/mol. The summed E-state index contributed by atoms with van der Waals surface area (Å²) >= 11 is 3.24. The Morgan fingerprint density at radius 3 is 2.62 bits per heavy atom. The highest BCUT2D eigenvalue weighted by Gasteiger charge is 2.16. The molecule has 0 aliphatic rings. The zero-order valence-electron chi connectivity index (χ0n) is 11.9. The summed E-state index contributed by atoms with van der Waals surface area (Å²) in [6.07, 6.45) is 3.13. The number of anilines is 2. The van der Waals surface area contributed by atoms with Gasteiger partial charge in [-0.2, -0.15) is 0 Å². The molecule has 0 aromatic carbocycles. The number of nitrogens with one attached hydrogen (secondary N) is 1. The fourth-order valence-corrected chi connectivity index (χ4v) is 2.01. The quantitative estimate of drug-likeness (QED) is 0.858. The van der Waals surface area contributed by atoms with Crippen LogP contribution < -0.4 is 15.0 Å². The highest BCUT2D eigenvalue weighted by atomic mass is 79.9. The average Bonchev–Trinajstić information content (AvgIpc) is 2.47. The Morgan fingerprint density at radius 1 is 1.29 bits per heavy atom. The van der Waals surface area contributed by atoms with Crippen molar-refractivity contribution in [3.8, 4) is 5.88 Å². The summed E-state index contributed by atoms with van der Waals surface area (Å²) in [4.78, 5) is 22.3. The summed E-state index contributed by atoms with van der Waals surface area (Å²) < 4.78 is 5.89. The van der Waals surface area contributed by atoms with Gasteiger partial charge in [0, 0.05) is 26.5 Å². The Hall–Kier alpha value is -2.15. The van der Waals surface area contributed by atoms with Crippen LogP contribution in [0.3, 0.4) is 0 Å². The van der Waals surface area contributed by atoms with Gasteiger partial charge in [-0.15, -0.1) is 0 Å². The molecule has 0 unspecified atom stereocenters. The summed E-state index contributed by atoms with van der Waals surface area (Å²) in [5.41, 5.74) is 1.78. The number of hydrogen-bond donors (Lipinski definition) is 1. The van der Waals surface area contributed by atoms with Gasteiger partial charge in [-0.1, -0.05) is 0 Å². The normalized spacial score (nSPS) is 10.1. The van der Waals surface area contributed by atoms with Crippen molar-refractivity contribution in [1.82, 2.24) is 9.97 Å². The molecule has 6 nitrogen and oxygen atoms in total. The van der Waals surface area contributed by atoms with Gasteiger partial charge in [0.2, 0.25) is 5.88 Å². The fraction of sp³-hybridized carbons (Fsp3) is 0.214. The second-order valence-electron chi connectivity index (χ2n) is 4.43. The Labute approximate surface area is 131 Å². The van der Waals surface area contributed by atoms with Gasteiger partial charge in [0.15, 0.2) is 0 Å². The molecule has 7 heteroatoms. The molecule has 2 heterocycles. The van der Waals surface area contributed by atoms with Gasteiger partial charge < -0.3 is 15.0 Å². The molecule has 110 valence electrons. The molecule has 0 saturated heterocycles. The van der Waals surface area contributed by atoms with Gasteiger partial charge in [-0.3, -0.25) is 4.79 Å². The number of amides is 1. The lowest BCUT2D eigenvalue weighted by atomic mass is 10.2. The minimum absolute atomic E-state index is 0.274. The van der Waals surface area contributed by atoms with Gasteiger partial charge in [0.25, 0.3) is 5.91 Å². The van der Waals surface area contributed by atoms with Crippen molar-refractivity contribution in [2.45, 2.75) is 0 Å². The van der Waals surface area contributed by atoms with Crippen molar-refractivity contribution < 1.29 is 9.53 Å². The van der Waals surface area contributed by atoms with Crippen molar-refractivity contribution >= 4 is 33.2 Å². The van der Waals surface area contributed by atoms with Crippen molar-refractivity contribution in [2.75, 3.05) is 31.4 Å². The van der Waals surface area contributed by atoms with Crippen molar-refractivity contribution in [2.24, 2.45) is 0 Å². The first-order valence-corrected chi connectivity index (χ1v) is 6.95. The molecule has 0 fully saturated rings. The zero-order chi connectivity index (χ0) is 15.4. The summed E-state index contributed by atoms with van der Waals surface area (Å²) in [5.74, 6) is 0.0871. The zero-order valence-corrected chi connectivity index (χ0v) is 13.5. The number of aromatic nitrogens is 2. The second kappa shape index (κ2) is 6.53. The summed E-state index contributed by atoms with van der Waals surface area (Å²) in [6, 6.07) is 5.20. The molecule has 0 spiro atoms. The van der Waals surface area contributed by atoms with E-state index in [9.17, 15) is 4.79 Å². The molecule has 2 rings (SSSR count). The van der Waals surface area contributed by atoms with Crippen LogP contribution in [0.1, 0.15) is 10.4 Å². The number of ether oxygens (including phenoxy) is 1. The molecule has 1 amide bonds. The van der Waals surface area contributed by atoms with Crippen LogP contribution in [0.15, 0.2) is 35.2 Å². The minimum Gasteiger partial charge on any atom is -0.479 e. The molecular formula is C14H15BrN4O2. The maximum Gasteiger partial charge on any atom is 0.257 e. The molecule has 0 saturated carbocycles. The first kappa shape index (κ1) is 15.2. The van der Waals surface area contributed by atoms with E-state index in [1.165, 1.54) is 13.3 Å². The monoisotopic (exact) mass is 350 g/mol. The summed E-state index contributed by atoms with van der Waals surface area (Å²) in [7, 11) is 5.27. The lowest BCUT2D eigenvalue weighted by Crippen LogP contribution is -2.18. The summed E-state index contributed by atoms with van der Waals surface area (Å²) in [6.45, 7) is 0. The highest BCUT2D eigenvalue weighted by Crippen LogP contribution is 2.32. The number of methoxy groups -OCH3 is 1. The van der Waals surface area contributed by atoms with E-state index in [0.29, 0.717) is 21.7 Å². The van der Waals surface area contributed by atoms with Crippen LogP contribution in [0.25, 0.3) is 0 Å². The van der Waals surface area contributed by atoms with E-state index >= 15 is 0 Å². The van der Waals surface area contributed by atoms with Crippen molar-refractivity contribution in [1.29, 1.82) is 0 Å². The van der Waals surface area contributed by atoms with Gasteiger partial charge >= 0.3 is 0 Å². The second-order valence-corrected chi connectivity index (χ2v) is 5.24. The molecule has 0 aliphatic heterocycles. The van der Waals surface area contributed by atoms with E-state index < -0.39 is 0 Å². The van der Waals surface area contributed by atoms with Crippen LogP contribution >= 0.6 is 15.9 Å². The smallest absolute Gasteiger partial charge is 0.257 e. The van der Waals surface area contributed by atoms with E-state index in [1.807, 2.05) is 19.0 Å². The SMILES string of the molecule is COc1nccc(N(C)C)c1NC(=O)c1ccc(Br)nc1. The van der Waals surface area contributed by atoms with Gasteiger partial charge in [0.1, 0.15) is 10.3 Å². The maximum atomic E-state index is 12.3. The maximum absolute atomic E-state index is 12.3. The number of pyridine rings is 2. The van der Waals surface area contributed by atoms with Gasteiger partial charge in [0.05, 0.1) is 18.4 Å². The molecule has 0 radical (unpaired) electrons. The van der Waals surface area contributed by atoms with Crippen LogP contribution in [0.2, 0.25) is 0 Å². The third-order valence-corrected chi connectivity index (χ3v) is 3.27. The van der Waals surface area contributed by atoms with Crippen LogP contribution in [0, 0.1) is 0 Å². The molecule has 2 aromatic heterocycles. The van der Waals surface area contributed by atoms with Gasteiger partial charge in [-0.05, 0) is 34.1 Å². The average molecular weight is 351 g/mol. The third kappa shape index (κ3) is 3.49. The number of halogens is 1. The van der Waals surface area contributed by atoms with E-state index in [0.717, 1.165) is 5.69 Å². The molecule has 0 aliphatic carbocycles. The van der Waals surface area contributed by atoms with E-state index in [1.54, 1.807) is 24.4 Å². The minimum atomic E-state index is -0.274. The first-order chi connectivity index (χ1) is 10.0. The van der Waals surface area contributed by atoms with Crippen LogP contribution in [-0.2, 0) is 0 Å². The Bertz CT molecular complexity index is 644. The van der Waals surface area contributed by atoms with Gasteiger partial charge in [-0.25, -0.2) is 9.97 Å². The number of rotatable bonds is 4. The molecule has 21 heavy (non-hydrogen) atoms.